The van der Waals surface area contributed by atoms with Gasteiger partial charge in [-0.2, -0.15) is 0 Å². The summed E-state index contributed by atoms with van der Waals surface area (Å²) < 4.78 is 0. The number of allylic oxidation sites excluding steroid dienone is 3. The lowest BCUT2D eigenvalue weighted by atomic mass is 9.40. The molecule has 0 aromatic heterocycles. The highest BCUT2D eigenvalue weighted by molar-refractivity contribution is 6.74. The summed E-state index contributed by atoms with van der Waals surface area (Å²) in [6, 6.07) is 6.08. The van der Waals surface area contributed by atoms with E-state index in [1.54, 1.807) is 0 Å². The molecule has 0 nitrogen and oxygen atoms in total. The lowest BCUT2D eigenvalue weighted by Gasteiger charge is -2.15. The van der Waals surface area contributed by atoms with Gasteiger partial charge in [-0.05, 0) is 24.1 Å². The second-order valence-corrected chi connectivity index (χ2v) is 4.52. The predicted octanol–water partition coefficient (Wildman–Crippen LogP) is 4.14. The zero-order valence-electron chi connectivity index (χ0n) is 10.2. The van der Waals surface area contributed by atoms with E-state index in [1.807, 2.05) is 30.4 Å². The molecule has 17 heavy (non-hydrogen) atoms. The normalized spacial score (nSPS) is 9.71. The van der Waals surface area contributed by atoms with E-state index < -0.39 is 0 Å². The Labute approximate surface area is 110 Å². The smallest absolute Gasteiger partial charge is 0.104 e. The van der Waals surface area contributed by atoms with Crippen molar-refractivity contribution in [1.82, 2.24) is 0 Å². The molecule has 0 unspecified atom stereocenters. The predicted molar refractivity (Wildman–Crippen MR) is 80.7 cm³/mol. The zero-order valence-corrected chi connectivity index (χ0v) is 10.9. The summed E-state index contributed by atoms with van der Waals surface area (Å²) in [5, 5.41) is 0.779. The fourth-order valence-corrected chi connectivity index (χ4v) is 2.25. The Morgan fingerprint density at radius 3 is 2.24 bits per heavy atom. The first-order chi connectivity index (χ1) is 8.22. The molecule has 0 aliphatic carbocycles. The Balaban J connectivity index is 3.10. The van der Waals surface area contributed by atoms with Crippen LogP contribution in [0.25, 0.3) is 0 Å². The Morgan fingerprint density at radius 2 is 1.71 bits per heavy atom. The van der Waals surface area contributed by atoms with Crippen molar-refractivity contribution in [3.63, 3.8) is 0 Å². The highest BCUT2D eigenvalue weighted by Gasteiger charge is 2.16. The summed E-state index contributed by atoms with van der Waals surface area (Å²) in [4.78, 5) is 0. The first-order valence-electron chi connectivity index (χ1n) is 5.84. The molecule has 0 bridgehead atoms. The maximum absolute atomic E-state index is 6.04. The topological polar surface area (TPSA) is 0 Å². The molecular formula is C15H18BCl. The van der Waals surface area contributed by atoms with Crippen LogP contribution in [-0.2, 0) is 6.42 Å². The highest BCUT2D eigenvalue weighted by atomic mass is 35.5. The molecule has 2 heteroatoms. The van der Waals surface area contributed by atoms with Crippen LogP contribution in [0.15, 0.2) is 56.2 Å². The molecule has 0 spiro atoms. The van der Waals surface area contributed by atoms with Crippen molar-refractivity contribution < 1.29 is 0 Å². The van der Waals surface area contributed by atoms with Crippen molar-refractivity contribution in [1.29, 1.82) is 0 Å². The van der Waals surface area contributed by atoms with Gasteiger partial charge < -0.3 is 0 Å². The molecule has 1 aromatic rings. The Kier molecular flexibility index (Phi) is 5.86. The van der Waals surface area contributed by atoms with Crippen LogP contribution < -0.4 is 5.46 Å². The summed E-state index contributed by atoms with van der Waals surface area (Å²) in [6.07, 6.45) is 8.59. The van der Waals surface area contributed by atoms with Crippen LogP contribution in [0.3, 0.4) is 0 Å². The average molecular weight is 245 g/mol. The van der Waals surface area contributed by atoms with Gasteiger partial charge in [0.1, 0.15) is 0 Å². The minimum atomic E-state index is 0.442. The van der Waals surface area contributed by atoms with Crippen molar-refractivity contribution >= 4 is 23.8 Å². The number of halogens is 1. The highest BCUT2D eigenvalue weighted by Crippen LogP contribution is 2.13. The monoisotopic (exact) mass is 244 g/mol. The maximum atomic E-state index is 6.04. The first-order valence-corrected chi connectivity index (χ1v) is 6.21. The Bertz CT molecular complexity index is 399. The summed E-state index contributed by atoms with van der Waals surface area (Å²) in [6.45, 7) is 11.9. The molecule has 0 atom stereocenters. The molecule has 0 saturated carbocycles. The molecule has 0 saturated heterocycles. The van der Waals surface area contributed by atoms with Gasteiger partial charge in [-0.3, -0.25) is 0 Å². The van der Waals surface area contributed by atoms with Crippen LogP contribution in [0.2, 0.25) is 17.7 Å². The third kappa shape index (κ3) is 3.94. The lowest BCUT2D eigenvalue weighted by molar-refractivity contribution is 1.29. The van der Waals surface area contributed by atoms with Gasteiger partial charge in [-0.1, -0.05) is 54.0 Å². The summed E-state index contributed by atoms with van der Waals surface area (Å²) in [5.41, 5.74) is 2.58. The van der Waals surface area contributed by atoms with Crippen molar-refractivity contribution in [2.45, 2.75) is 19.1 Å². The summed E-state index contributed by atoms with van der Waals surface area (Å²) in [5.74, 6) is 0. The fraction of sp³-hybridized carbons (Fsp3) is 0.200. The number of hydrogen-bond donors (Lipinski definition) is 0. The number of hydrogen-bond acceptors (Lipinski definition) is 0. The van der Waals surface area contributed by atoms with Gasteiger partial charge in [0.25, 0.3) is 0 Å². The van der Waals surface area contributed by atoms with Crippen LogP contribution in [0.5, 0.6) is 0 Å². The average Bonchev–Trinajstić information content (AvgIpc) is 2.30. The second kappa shape index (κ2) is 7.19. The van der Waals surface area contributed by atoms with E-state index in [9.17, 15) is 0 Å². The van der Waals surface area contributed by atoms with Crippen LogP contribution in [0, 0.1) is 0 Å². The third-order valence-electron chi connectivity index (χ3n) is 2.81. The number of rotatable bonds is 7. The van der Waals surface area contributed by atoms with Gasteiger partial charge in [0.05, 0.1) is 0 Å². The lowest BCUT2D eigenvalue weighted by Crippen LogP contribution is -2.31. The zero-order chi connectivity index (χ0) is 12.7. The maximum Gasteiger partial charge on any atom is 0.183 e. The van der Waals surface area contributed by atoms with Gasteiger partial charge in [0, 0.05) is 5.02 Å². The van der Waals surface area contributed by atoms with E-state index in [4.69, 9.17) is 11.6 Å². The summed E-state index contributed by atoms with van der Waals surface area (Å²) >= 11 is 6.04. The van der Waals surface area contributed by atoms with Crippen LogP contribution in [0.4, 0.5) is 0 Å². The largest absolute Gasteiger partial charge is 0.183 e. The standard InChI is InChI=1S/C15H18BCl/c1-4-7-13-12-14(17)8-9-15(13)16(10-5-2)11-6-3/h4-6,8-9,12H,1-3,7,10-11H2. The van der Waals surface area contributed by atoms with Gasteiger partial charge in [-0.15, -0.1) is 19.7 Å². The molecule has 0 heterocycles. The number of benzene rings is 1. The second-order valence-electron chi connectivity index (χ2n) is 4.08. The molecule has 1 rings (SSSR count). The van der Waals surface area contributed by atoms with E-state index in [2.05, 4.69) is 25.8 Å². The third-order valence-corrected chi connectivity index (χ3v) is 3.05. The molecule has 0 N–H and O–H groups in total. The minimum absolute atomic E-state index is 0.442. The van der Waals surface area contributed by atoms with Crippen LogP contribution in [0.1, 0.15) is 5.56 Å². The molecule has 1 aromatic carbocycles. The van der Waals surface area contributed by atoms with Crippen LogP contribution in [-0.4, -0.2) is 6.71 Å². The van der Waals surface area contributed by atoms with Crippen molar-refractivity contribution in [3.8, 4) is 0 Å². The SMILES string of the molecule is C=CCB(CC=C)c1ccc(Cl)cc1CC=C. The first kappa shape index (κ1) is 13.9. The molecule has 0 aliphatic heterocycles. The molecule has 0 amide bonds. The Hall–Kier alpha value is -1.21. The van der Waals surface area contributed by atoms with Gasteiger partial charge >= 0.3 is 0 Å². The van der Waals surface area contributed by atoms with Gasteiger partial charge in [0.2, 0.25) is 0 Å². The van der Waals surface area contributed by atoms with Crippen LogP contribution >= 0.6 is 11.6 Å². The Morgan fingerprint density at radius 1 is 1.06 bits per heavy atom. The van der Waals surface area contributed by atoms with Crippen molar-refractivity contribution in [3.05, 3.63) is 66.8 Å². The van der Waals surface area contributed by atoms with E-state index in [0.717, 1.165) is 24.1 Å². The van der Waals surface area contributed by atoms with Crippen molar-refractivity contribution in [2.75, 3.05) is 0 Å². The molecule has 0 fully saturated rings. The molecule has 88 valence electrons. The minimum Gasteiger partial charge on any atom is -0.104 e. The molecular weight excluding hydrogens is 226 g/mol. The van der Waals surface area contributed by atoms with E-state index in [1.165, 1.54) is 11.0 Å². The van der Waals surface area contributed by atoms with Crippen molar-refractivity contribution in [2.24, 2.45) is 0 Å². The van der Waals surface area contributed by atoms with Gasteiger partial charge in [-0.25, -0.2) is 0 Å². The van der Waals surface area contributed by atoms with E-state index in [0.29, 0.717) is 6.71 Å². The quantitative estimate of drug-likeness (QED) is 0.499. The fourth-order valence-electron chi connectivity index (χ4n) is 2.06. The molecule has 0 radical (unpaired) electrons. The van der Waals surface area contributed by atoms with Gasteiger partial charge in [0.15, 0.2) is 6.71 Å². The van der Waals surface area contributed by atoms with E-state index in [-0.39, 0.29) is 0 Å². The summed E-state index contributed by atoms with van der Waals surface area (Å²) in [7, 11) is 0. The molecule has 0 aliphatic rings. The van der Waals surface area contributed by atoms with E-state index >= 15 is 0 Å².